The second kappa shape index (κ2) is 4.72. The van der Waals surface area contributed by atoms with Crippen molar-refractivity contribution in [3.8, 4) is 0 Å². The summed E-state index contributed by atoms with van der Waals surface area (Å²) in [5.74, 6) is -0.295. The Labute approximate surface area is 110 Å². The number of anilines is 2. The van der Waals surface area contributed by atoms with Gasteiger partial charge in [0.15, 0.2) is 0 Å². The number of nitrogens with zero attached hydrogens (tertiary/aromatic N) is 1. The Morgan fingerprint density at radius 1 is 1.16 bits per heavy atom. The smallest absolute Gasteiger partial charge is 0.246 e. The number of carbonyl (C=O) groups excluding carboxylic acids is 1. The van der Waals surface area contributed by atoms with E-state index in [0.29, 0.717) is 6.54 Å². The zero-order valence-corrected chi connectivity index (χ0v) is 10.3. The van der Waals surface area contributed by atoms with E-state index in [0.717, 1.165) is 16.9 Å². The molecule has 2 aromatic rings. The third kappa shape index (κ3) is 2.29. The molecule has 1 aliphatic heterocycles. The Morgan fingerprint density at radius 2 is 2.00 bits per heavy atom. The van der Waals surface area contributed by atoms with Crippen LogP contribution in [0.1, 0.15) is 5.56 Å². The number of fused-ring (bicyclic) bond motifs is 1. The Morgan fingerprint density at radius 3 is 2.84 bits per heavy atom. The number of benzene rings is 2. The average Bonchev–Trinajstić information content (AvgIpc) is 2.42. The van der Waals surface area contributed by atoms with Crippen LogP contribution in [-0.4, -0.2) is 12.5 Å². The first-order chi connectivity index (χ1) is 9.24. The molecule has 1 aliphatic rings. The van der Waals surface area contributed by atoms with Crippen LogP contribution in [0.15, 0.2) is 48.5 Å². The lowest BCUT2D eigenvalue weighted by atomic mass is 10.1. The second-order valence-corrected chi connectivity index (χ2v) is 4.48. The molecule has 0 aliphatic carbocycles. The number of para-hydroxylation sites is 2. The molecule has 3 rings (SSSR count). The lowest BCUT2D eigenvalue weighted by Gasteiger charge is -2.30. The van der Waals surface area contributed by atoms with Crippen molar-refractivity contribution in [1.82, 2.24) is 0 Å². The van der Waals surface area contributed by atoms with E-state index < -0.39 is 0 Å². The van der Waals surface area contributed by atoms with E-state index in [4.69, 9.17) is 0 Å². The van der Waals surface area contributed by atoms with Crippen LogP contribution in [0.3, 0.4) is 0 Å². The summed E-state index contributed by atoms with van der Waals surface area (Å²) >= 11 is 0. The third-order valence-corrected chi connectivity index (χ3v) is 3.16. The minimum atomic E-state index is -0.284. The lowest BCUT2D eigenvalue weighted by molar-refractivity contribution is -0.117. The Hall–Kier alpha value is -2.36. The van der Waals surface area contributed by atoms with Gasteiger partial charge in [0, 0.05) is 0 Å². The molecule has 96 valence electrons. The molecule has 0 unspecified atom stereocenters. The van der Waals surface area contributed by atoms with Crippen LogP contribution >= 0.6 is 0 Å². The number of halogens is 1. The van der Waals surface area contributed by atoms with Gasteiger partial charge in [-0.15, -0.1) is 0 Å². The Balaban J connectivity index is 1.94. The standard InChI is InChI=1S/C15H13FN2O/c16-12-5-3-4-11(8-12)10-18-14-7-2-1-6-13(14)17-9-15(18)19/h1-8,17H,9-10H2. The van der Waals surface area contributed by atoms with Gasteiger partial charge in [0.1, 0.15) is 5.82 Å². The molecular weight excluding hydrogens is 243 g/mol. The quantitative estimate of drug-likeness (QED) is 0.896. The van der Waals surface area contributed by atoms with Crippen molar-refractivity contribution in [2.75, 3.05) is 16.8 Å². The predicted octanol–water partition coefficient (Wildman–Crippen LogP) is 2.78. The van der Waals surface area contributed by atoms with Crippen molar-refractivity contribution in [1.29, 1.82) is 0 Å². The van der Waals surface area contributed by atoms with Gasteiger partial charge < -0.3 is 10.2 Å². The molecule has 0 saturated heterocycles. The molecule has 0 saturated carbocycles. The summed E-state index contributed by atoms with van der Waals surface area (Å²) in [6.07, 6.45) is 0. The van der Waals surface area contributed by atoms with Crippen molar-refractivity contribution >= 4 is 17.3 Å². The molecule has 0 spiro atoms. The molecular formula is C15H13FN2O. The second-order valence-electron chi connectivity index (χ2n) is 4.48. The van der Waals surface area contributed by atoms with Crippen LogP contribution in [0.4, 0.5) is 15.8 Å². The first kappa shape index (κ1) is 11.7. The average molecular weight is 256 g/mol. The summed E-state index contributed by atoms with van der Waals surface area (Å²) in [4.78, 5) is 13.7. The highest BCUT2D eigenvalue weighted by molar-refractivity contribution is 6.02. The van der Waals surface area contributed by atoms with E-state index in [9.17, 15) is 9.18 Å². The normalized spacial score (nSPS) is 13.9. The van der Waals surface area contributed by atoms with Crippen molar-refractivity contribution < 1.29 is 9.18 Å². The van der Waals surface area contributed by atoms with Gasteiger partial charge in [-0.2, -0.15) is 0 Å². The van der Waals surface area contributed by atoms with Gasteiger partial charge in [-0.1, -0.05) is 24.3 Å². The van der Waals surface area contributed by atoms with Gasteiger partial charge in [0.05, 0.1) is 24.5 Å². The van der Waals surface area contributed by atoms with Gasteiger partial charge in [-0.3, -0.25) is 4.79 Å². The maximum atomic E-state index is 13.2. The summed E-state index contributed by atoms with van der Waals surface area (Å²) in [5.41, 5.74) is 2.55. The predicted molar refractivity (Wildman–Crippen MR) is 72.5 cm³/mol. The number of carbonyl (C=O) groups is 1. The van der Waals surface area contributed by atoms with Gasteiger partial charge in [-0.25, -0.2) is 4.39 Å². The molecule has 1 amide bonds. The minimum Gasteiger partial charge on any atom is -0.374 e. The lowest BCUT2D eigenvalue weighted by Crippen LogP contribution is -2.39. The number of rotatable bonds is 2. The highest BCUT2D eigenvalue weighted by Crippen LogP contribution is 2.30. The van der Waals surface area contributed by atoms with E-state index >= 15 is 0 Å². The Kier molecular flexibility index (Phi) is 2.91. The SMILES string of the molecule is O=C1CNc2ccccc2N1Cc1cccc(F)c1. The fraction of sp³-hybridized carbons (Fsp3) is 0.133. The van der Waals surface area contributed by atoms with Gasteiger partial charge in [-0.05, 0) is 29.8 Å². The van der Waals surface area contributed by atoms with Crippen LogP contribution < -0.4 is 10.2 Å². The monoisotopic (exact) mass is 256 g/mol. The number of nitrogens with one attached hydrogen (secondary N) is 1. The summed E-state index contributed by atoms with van der Waals surface area (Å²) < 4.78 is 13.2. The molecule has 0 bridgehead atoms. The molecule has 1 heterocycles. The number of hydrogen-bond donors (Lipinski definition) is 1. The molecule has 4 heteroatoms. The number of amides is 1. The van der Waals surface area contributed by atoms with E-state index in [1.165, 1.54) is 12.1 Å². The van der Waals surface area contributed by atoms with Crippen LogP contribution in [0.5, 0.6) is 0 Å². The molecule has 0 radical (unpaired) electrons. The molecule has 3 nitrogen and oxygen atoms in total. The first-order valence-corrected chi connectivity index (χ1v) is 6.12. The summed E-state index contributed by atoms with van der Waals surface area (Å²) in [7, 11) is 0. The van der Waals surface area contributed by atoms with E-state index in [1.54, 1.807) is 11.0 Å². The number of hydrogen-bond acceptors (Lipinski definition) is 2. The molecule has 2 aromatic carbocycles. The van der Waals surface area contributed by atoms with Crippen molar-refractivity contribution in [3.63, 3.8) is 0 Å². The Bertz CT molecular complexity index is 627. The van der Waals surface area contributed by atoms with E-state index in [2.05, 4.69) is 5.32 Å². The molecule has 0 atom stereocenters. The molecule has 0 fully saturated rings. The van der Waals surface area contributed by atoms with Crippen molar-refractivity contribution in [2.24, 2.45) is 0 Å². The zero-order chi connectivity index (χ0) is 13.2. The fourth-order valence-electron chi connectivity index (χ4n) is 2.25. The van der Waals surface area contributed by atoms with Crippen molar-refractivity contribution in [3.05, 3.63) is 59.9 Å². The van der Waals surface area contributed by atoms with Crippen LogP contribution in [0, 0.1) is 5.82 Å². The summed E-state index contributed by atoms with van der Waals surface area (Å²) in [5, 5.41) is 3.07. The minimum absolute atomic E-state index is 0.0111. The fourth-order valence-corrected chi connectivity index (χ4v) is 2.25. The largest absolute Gasteiger partial charge is 0.374 e. The van der Waals surface area contributed by atoms with Gasteiger partial charge in [0.2, 0.25) is 5.91 Å². The third-order valence-electron chi connectivity index (χ3n) is 3.16. The van der Waals surface area contributed by atoms with E-state index in [1.807, 2.05) is 30.3 Å². The highest BCUT2D eigenvalue weighted by Gasteiger charge is 2.23. The highest BCUT2D eigenvalue weighted by atomic mass is 19.1. The molecule has 19 heavy (non-hydrogen) atoms. The van der Waals surface area contributed by atoms with Crippen LogP contribution in [0.2, 0.25) is 0 Å². The van der Waals surface area contributed by atoms with Gasteiger partial charge in [0.25, 0.3) is 0 Å². The van der Waals surface area contributed by atoms with Crippen LogP contribution in [0.25, 0.3) is 0 Å². The zero-order valence-electron chi connectivity index (χ0n) is 10.3. The topological polar surface area (TPSA) is 32.3 Å². The van der Waals surface area contributed by atoms with E-state index in [-0.39, 0.29) is 18.3 Å². The summed E-state index contributed by atoms with van der Waals surface area (Å²) in [6, 6.07) is 14.0. The van der Waals surface area contributed by atoms with Gasteiger partial charge >= 0.3 is 0 Å². The molecule has 0 aromatic heterocycles. The first-order valence-electron chi connectivity index (χ1n) is 6.12. The molecule has 1 N–H and O–H groups in total. The summed E-state index contributed by atoms with van der Waals surface area (Å²) in [6.45, 7) is 0.654. The van der Waals surface area contributed by atoms with Crippen molar-refractivity contribution in [2.45, 2.75) is 6.54 Å². The maximum Gasteiger partial charge on any atom is 0.246 e. The van der Waals surface area contributed by atoms with Crippen LogP contribution in [-0.2, 0) is 11.3 Å². The maximum absolute atomic E-state index is 13.2.